The summed E-state index contributed by atoms with van der Waals surface area (Å²) < 4.78 is 6.49. The van der Waals surface area contributed by atoms with Crippen molar-refractivity contribution in [2.45, 2.75) is 45.4 Å². The van der Waals surface area contributed by atoms with Crippen molar-refractivity contribution >= 4 is 46.3 Å². The van der Waals surface area contributed by atoms with Gasteiger partial charge in [0.05, 0.1) is 0 Å². The third-order valence-electron chi connectivity index (χ3n) is 14.7. The Bertz CT molecular complexity index is 3650. The second kappa shape index (κ2) is 16.8. The predicted octanol–water partition coefficient (Wildman–Crippen LogP) is 17.0. The van der Waals surface area contributed by atoms with Gasteiger partial charge in [-0.2, -0.15) is 0 Å². The van der Waals surface area contributed by atoms with Crippen LogP contribution in [0, 0.1) is 0 Å². The van der Waals surface area contributed by atoms with Crippen molar-refractivity contribution in [3.63, 3.8) is 0 Å². The molecule has 2 nitrogen and oxygen atoms in total. The van der Waals surface area contributed by atoms with Crippen molar-refractivity contribution in [3.8, 4) is 55.6 Å². The highest BCUT2D eigenvalue weighted by Gasteiger charge is 2.43. The second-order valence-corrected chi connectivity index (χ2v) is 19.4. The molecule has 0 saturated heterocycles. The molecule has 334 valence electrons. The summed E-state index contributed by atoms with van der Waals surface area (Å²) in [6.45, 7) is 23.9. The fourth-order valence-electron chi connectivity index (χ4n) is 11.2. The first kappa shape index (κ1) is 43.4. The highest BCUT2D eigenvalue weighted by Crippen LogP contribution is 2.58. The summed E-state index contributed by atoms with van der Waals surface area (Å²) >= 11 is 0. The molecule has 11 rings (SSSR count). The average molecular weight is 890 g/mol. The summed E-state index contributed by atoms with van der Waals surface area (Å²) in [7, 11) is 0. The van der Waals surface area contributed by atoms with Crippen LogP contribution in [-0.2, 0) is 10.8 Å². The Balaban J connectivity index is 1.06. The molecule has 0 fully saturated rings. The van der Waals surface area contributed by atoms with Gasteiger partial charge in [-0.1, -0.05) is 199 Å². The molecule has 2 aliphatic rings. The summed E-state index contributed by atoms with van der Waals surface area (Å²) in [4.78, 5) is 2.42. The van der Waals surface area contributed by atoms with Crippen LogP contribution in [0.2, 0.25) is 0 Å². The lowest BCUT2D eigenvalue weighted by atomic mass is 9.77. The third kappa shape index (κ3) is 7.10. The van der Waals surface area contributed by atoms with Crippen LogP contribution in [0.1, 0.15) is 62.4 Å². The topological polar surface area (TPSA) is 16.4 Å². The fourth-order valence-corrected chi connectivity index (χ4v) is 11.2. The smallest absolute Gasteiger partial charge is 0.143 e. The summed E-state index contributed by atoms with van der Waals surface area (Å²) in [5, 5.41) is 2.11. The van der Waals surface area contributed by atoms with Crippen molar-refractivity contribution in [2.75, 3.05) is 4.90 Å². The van der Waals surface area contributed by atoms with E-state index >= 15 is 0 Å². The van der Waals surface area contributed by atoms with Crippen LogP contribution >= 0.6 is 0 Å². The van der Waals surface area contributed by atoms with Crippen molar-refractivity contribution in [1.29, 1.82) is 0 Å². The van der Waals surface area contributed by atoms with Gasteiger partial charge in [-0.25, -0.2) is 0 Å². The summed E-state index contributed by atoms with van der Waals surface area (Å²) in [5.74, 6) is 0. The van der Waals surface area contributed by atoms with E-state index in [9.17, 15) is 0 Å². The SMILES string of the molecule is C=C/C=C(\C=C)c1ccc(N(c2cc(-c3ccccc3)cc(-c3ccccc3)c2)c2ccc3c(c2)C(C)(C)c2cc4c(cc2-3)C(C)(C)c2c-4cccc2-c2cccc3/c(=C/C=C\C)c(=C)oc23)cc1. The van der Waals surface area contributed by atoms with Gasteiger partial charge in [0.25, 0.3) is 0 Å². The summed E-state index contributed by atoms with van der Waals surface area (Å²) in [5.41, 5.74) is 23.9. The first-order chi connectivity index (χ1) is 33.5. The Morgan fingerprint density at radius 1 is 0.522 bits per heavy atom. The Morgan fingerprint density at radius 2 is 1.10 bits per heavy atom. The lowest BCUT2D eigenvalue weighted by molar-refractivity contribution is 0.578. The zero-order valence-electron chi connectivity index (χ0n) is 40.1. The third-order valence-corrected chi connectivity index (χ3v) is 14.7. The summed E-state index contributed by atoms with van der Waals surface area (Å²) in [6.07, 6.45) is 11.9. The Hall–Kier alpha value is -8.20. The number of furan rings is 1. The van der Waals surface area contributed by atoms with Gasteiger partial charge in [-0.3, -0.25) is 0 Å². The van der Waals surface area contributed by atoms with Gasteiger partial charge < -0.3 is 9.32 Å². The molecule has 0 saturated carbocycles. The minimum atomic E-state index is -0.282. The van der Waals surface area contributed by atoms with E-state index in [0.29, 0.717) is 5.42 Å². The number of fused-ring (bicyclic) bond motifs is 7. The fraction of sp³-hybridized carbons (Fsp3) is 0.104. The molecule has 0 unspecified atom stereocenters. The van der Waals surface area contributed by atoms with Crippen molar-refractivity contribution in [2.24, 2.45) is 0 Å². The zero-order valence-corrected chi connectivity index (χ0v) is 40.1. The molecule has 0 amide bonds. The molecule has 0 atom stereocenters. The average Bonchev–Trinajstić information content (AvgIpc) is 3.91. The van der Waals surface area contributed by atoms with Gasteiger partial charge in [0.1, 0.15) is 11.0 Å². The molecular formula is C67H55NO. The van der Waals surface area contributed by atoms with Crippen molar-refractivity contribution in [3.05, 3.63) is 252 Å². The molecule has 2 heteroatoms. The number of hydrogen-bond donors (Lipinski definition) is 0. The maximum Gasteiger partial charge on any atom is 0.143 e. The highest BCUT2D eigenvalue weighted by molar-refractivity contribution is 5.99. The maximum atomic E-state index is 6.49. The van der Waals surface area contributed by atoms with Gasteiger partial charge in [-0.05, 0) is 145 Å². The van der Waals surface area contributed by atoms with E-state index in [2.05, 4.69) is 234 Å². The monoisotopic (exact) mass is 889 g/mol. The first-order valence-electron chi connectivity index (χ1n) is 23.9. The minimum absolute atomic E-state index is 0.277. The van der Waals surface area contributed by atoms with E-state index < -0.39 is 0 Å². The van der Waals surface area contributed by atoms with E-state index in [1.54, 1.807) is 0 Å². The van der Waals surface area contributed by atoms with Gasteiger partial charge in [0.15, 0.2) is 0 Å². The number of benzene rings is 8. The molecule has 0 N–H and O–H groups in total. The highest BCUT2D eigenvalue weighted by atomic mass is 16.3. The lowest BCUT2D eigenvalue weighted by Crippen LogP contribution is -2.18. The number of nitrogens with zero attached hydrogens (tertiary/aromatic N) is 1. The number of allylic oxidation sites excluding steroid dienone is 6. The van der Waals surface area contributed by atoms with Crippen LogP contribution in [0.15, 0.2) is 218 Å². The molecule has 0 aliphatic heterocycles. The molecule has 8 aromatic carbocycles. The van der Waals surface area contributed by atoms with E-state index in [-0.39, 0.29) is 10.8 Å². The first-order valence-corrected chi connectivity index (χ1v) is 23.9. The van der Waals surface area contributed by atoms with E-state index in [0.717, 1.165) is 61.1 Å². The molecule has 0 radical (unpaired) electrons. The molecule has 69 heavy (non-hydrogen) atoms. The van der Waals surface area contributed by atoms with E-state index in [1.807, 2.05) is 31.2 Å². The van der Waals surface area contributed by atoms with Crippen LogP contribution in [0.25, 0.3) is 84.8 Å². The van der Waals surface area contributed by atoms with Crippen LogP contribution in [-0.4, -0.2) is 0 Å². The van der Waals surface area contributed by atoms with Gasteiger partial charge >= 0.3 is 0 Å². The minimum Gasteiger partial charge on any atom is -0.456 e. The quantitative estimate of drug-likeness (QED) is 0.127. The number of hydrogen-bond acceptors (Lipinski definition) is 2. The molecular weight excluding hydrogens is 835 g/mol. The normalized spacial score (nSPS) is 14.4. The molecule has 1 aromatic heterocycles. The van der Waals surface area contributed by atoms with Crippen molar-refractivity contribution < 1.29 is 4.42 Å². The predicted molar refractivity (Wildman–Crippen MR) is 295 cm³/mol. The molecule has 9 aromatic rings. The van der Waals surface area contributed by atoms with Crippen LogP contribution in [0.5, 0.6) is 0 Å². The summed E-state index contributed by atoms with van der Waals surface area (Å²) in [6, 6.07) is 62.6. The molecule has 2 aliphatic carbocycles. The van der Waals surface area contributed by atoms with E-state index in [1.165, 1.54) is 61.2 Å². The van der Waals surface area contributed by atoms with Crippen LogP contribution in [0.3, 0.4) is 0 Å². The molecule has 0 spiro atoms. The maximum absolute atomic E-state index is 6.49. The standard InChI is InChI=1S/C67H55NO/c1-9-12-26-53-43(4)69-65-57(53)29-20-30-58(65)55-27-19-28-56-60-42-62-59(41-63(60)67(7,8)64(55)56)54-36-35-51(40-61(54)66(62,5)6)68(50-33-31-47(32-34-50)44(11-3)21-10-2)52-38-48(45-22-15-13-16-23-45)37-49(39-52)46-24-17-14-18-25-46/h9-42H,2-4H2,1,5-8H3/b12-9-,44-21+,53-26+. The molecule has 0 bridgehead atoms. The van der Waals surface area contributed by atoms with Crippen LogP contribution in [0.4, 0.5) is 17.1 Å². The Morgan fingerprint density at radius 3 is 1.74 bits per heavy atom. The zero-order chi connectivity index (χ0) is 47.6. The van der Waals surface area contributed by atoms with Gasteiger partial charge in [-0.15, -0.1) is 0 Å². The van der Waals surface area contributed by atoms with Gasteiger partial charge in [0.2, 0.25) is 0 Å². The van der Waals surface area contributed by atoms with Crippen molar-refractivity contribution in [1.82, 2.24) is 0 Å². The number of rotatable bonds is 10. The van der Waals surface area contributed by atoms with Gasteiger partial charge in [0, 0.05) is 44.1 Å². The van der Waals surface area contributed by atoms with Crippen LogP contribution < -0.4 is 15.5 Å². The lowest BCUT2D eigenvalue weighted by Gasteiger charge is -2.29. The number of anilines is 3. The Kier molecular flexibility index (Phi) is 10.6. The Labute approximate surface area is 406 Å². The van der Waals surface area contributed by atoms with E-state index in [4.69, 9.17) is 4.42 Å². The molecule has 1 heterocycles. The second-order valence-electron chi connectivity index (χ2n) is 19.4. The number of para-hydroxylation sites is 1. The largest absolute Gasteiger partial charge is 0.456 e.